The minimum absolute atomic E-state index is 0.337. The maximum absolute atomic E-state index is 10.9. The molecule has 0 aliphatic rings. The summed E-state index contributed by atoms with van der Waals surface area (Å²) < 4.78 is 4.89. The van der Waals surface area contributed by atoms with Gasteiger partial charge in [-0.25, -0.2) is 0 Å². The van der Waals surface area contributed by atoms with Crippen LogP contribution in [0.15, 0.2) is 36.5 Å². The lowest BCUT2D eigenvalue weighted by molar-refractivity contribution is -0.0966. The number of ether oxygens (including phenoxy) is 1. The third kappa shape index (κ3) is 7.25. The molecule has 1 atom stereocenters. The molecule has 0 N–H and O–H groups in total. The van der Waals surface area contributed by atoms with E-state index in [1.54, 1.807) is 24.3 Å². The molecule has 2 heteroatoms. The quantitative estimate of drug-likeness (QED) is 0.351. The van der Waals surface area contributed by atoms with E-state index in [9.17, 15) is 5.11 Å². The van der Waals surface area contributed by atoms with Gasteiger partial charge in [0.15, 0.2) is 0 Å². The predicted molar refractivity (Wildman–Crippen MR) is 49.2 cm³/mol. The van der Waals surface area contributed by atoms with Crippen molar-refractivity contribution >= 4 is 0 Å². The summed E-state index contributed by atoms with van der Waals surface area (Å²) in [5.41, 5.74) is 0.975. The lowest BCUT2D eigenvalue weighted by Crippen LogP contribution is -2.06. The van der Waals surface area contributed by atoms with Gasteiger partial charge in [0, 0.05) is 0 Å². The van der Waals surface area contributed by atoms with Gasteiger partial charge in [0.2, 0.25) is 6.29 Å². The molecule has 0 saturated heterocycles. The highest BCUT2D eigenvalue weighted by atomic mass is 16.6. The predicted octanol–water partition coefficient (Wildman–Crippen LogP) is 2.47. The highest BCUT2D eigenvalue weighted by molar-refractivity contribution is 4.98. The van der Waals surface area contributed by atoms with Gasteiger partial charge in [0.1, 0.15) is 0 Å². The molecule has 0 spiro atoms. The van der Waals surface area contributed by atoms with E-state index in [0.29, 0.717) is 6.61 Å². The number of allylic oxidation sites excluding steroid dienone is 3. The van der Waals surface area contributed by atoms with Gasteiger partial charge < -0.3 is 4.74 Å². The molecule has 0 heterocycles. The largest absolute Gasteiger partial charge is 0.342 e. The molecule has 0 bridgehead atoms. The Balaban J connectivity index is 3.57. The van der Waals surface area contributed by atoms with E-state index in [0.717, 1.165) is 5.57 Å². The minimum Gasteiger partial charge on any atom is -0.342 e. The fourth-order valence-corrected chi connectivity index (χ4v) is 0.622. The fourth-order valence-electron chi connectivity index (χ4n) is 0.622. The first kappa shape index (κ1) is 11.1. The van der Waals surface area contributed by atoms with Crippen molar-refractivity contribution in [3.63, 3.8) is 0 Å². The zero-order valence-corrected chi connectivity index (χ0v) is 7.62. The van der Waals surface area contributed by atoms with Crippen molar-refractivity contribution in [1.29, 1.82) is 0 Å². The lowest BCUT2D eigenvalue weighted by atomic mass is 10.3. The van der Waals surface area contributed by atoms with Crippen molar-refractivity contribution in [2.45, 2.75) is 20.1 Å². The molecule has 1 radical (unpaired) electrons. The highest BCUT2D eigenvalue weighted by Gasteiger charge is 1.98. The van der Waals surface area contributed by atoms with Gasteiger partial charge in [-0.1, -0.05) is 30.4 Å². The molecule has 1 unspecified atom stereocenters. The second-order valence-corrected chi connectivity index (χ2v) is 2.61. The first-order chi connectivity index (χ1) is 5.66. The topological polar surface area (TPSA) is 29.1 Å². The monoisotopic (exact) mass is 167 g/mol. The van der Waals surface area contributed by atoms with Gasteiger partial charge in [0.25, 0.3) is 0 Å². The Morgan fingerprint density at radius 3 is 2.75 bits per heavy atom. The zero-order chi connectivity index (χ0) is 9.40. The molecule has 0 rings (SSSR count). The van der Waals surface area contributed by atoms with Crippen LogP contribution in [0.5, 0.6) is 0 Å². The molecule has 0 saturated carbocycles. The molecule has 0 aromatic heterocycles. The van der Waals surface area contributed by atoms with Crippen molar-refractivity contribution in [1.82, 2.24) is 0 Å². The molecule has 0 aliphatic heterocycles. The maximum Gasteiger partial charge on any atom is 0.211 e. The Bertz CT molecular complexity index is 176. The van der Waals surface area contributed by atoms with Crippen LogP contribution in [0, 0.1) is 0 Å². The Morgan fingerprint density at radius 1 is 1.58 bits per heavy atom. The third-order valence-corrected chi connectivity index (χ3v) is 1.10. The van der Waals surface area contributed by atoms with Crippen molar-refractivity contribution < 1.29 is 9.84 Å². The van der Waals surface area contributed by atoms with Crippen LogP contribution >= 0.6 is 0 Å². The average Bonchev–Trinajstić information content (AvgIpc) is 1.97. The minimum atomic E-state index is -1.05. The summed E-state index contributed by atoms with van der Waals surface area (Å²) in [5.74, 6) is 0. The van der Waals surface area contributed by atoms with Crippen LogP contribution in [0.25, 0.3) is 0 Å². The summed E-state index contributed by atoms with van der Waals surface area (Å²) in [6.07, 6.45) is 5.63. The van der Waals surface area contributed by atoms with Crippen LogP contribution in [0.2, 0.25) is 0 Å². The normalized spacial score (nSPS) is 12.9. The second-order valence-electron chi connectivity index (χ2n) is 2.61. The number of hydrogen-bond acceptors (Lipinski definition) is 1. The first-order valence-corrected chi connectivity index (χ1v) is 3.87. The summed E-state index contributed by atoms with van der Waals surface area (Å²) in [5, 5.41) is 10.9. The van der Waals surface area contributed by atoms with Crippen LogP contribution < -0.4 is 0 Å². The Morgan fingerprint density at radius 2 is 2.25 bits per heavy atom. The van der Waals surface area contributed by atoms with Gasteiger partial charge in [0.05, 0.1) is 6.61 Å². The zero-order valence-electron chi connectivity index (χ0n) is 7.62. The SMILES string of the molecule is C=CC=CCOC([O])C=C(C)C. The maximum atomic E-state index is 10.9. The van der Waals surface area contributed by atoms with Crippen LogP contribution in [0.4, 0.5) is 0 Å². The second kappa shape index (κ2) is 6.83. The highest BCUT2D eigenvalue weighted by Crippen LogP contribution is 1.96. The molecule has 0 amide bonds. The summed E-state index contributed by atoms with van der Waals surface area (Å²) in [6.45, 7) is 7.57. The fraction of sp³-hybridized carbons (Fsp3) is 0.400. The Labute approximate surface area is 73.9 Å². The van der Waals surface area contributed by atoms with E-state index in [1.165, 1.54) is 0 Å². The van der Waals surface area contributed by atoms with Crippen LogP contribution in [0.1, 0.15) is 13.8 Å². The van der Waals surface area contributed by atoms with Gasteiger partial charge in [-0.2, -0.15) is 5.11 Å². The summed E-state index contributed by atoms with van der Waals surface area (Å²) in [6, 6.07) is 0. The third-order valence-electron chi connectivity index (χ3n) is 1.10. The average molecular weight is 167 g/mol. The molecular formula is C10H15O2. The number of hydrogen-bond donors (Lipinski definition) is 0. The molecule has 67 valence electrons. The van der Waals surface area contributed by atoms with Crippen LogP contribution in [-0.4, -0.2) is 12.9 Å². The van der Waals surface area contributed by atoms with E-state index >= 15 is 0 Å². The van der Waals surface area contributed by atoms with Gasteiger partial charge in [-0.3, -0.25) is 0 Å². The van der Waals surface area contributed by atoms with Gasteiger partial charge in [-0.05, 0) is 19.9 Å². The summed E-state index contributed by atoms with van der Waals surface area (Å²) >= 11 is 0. The van der Waals surface area contributed by atoms with E-state index in [-0.39, 0.29) is 0 Å². The molecule has 0 aromatic rings. The molecule has 12 heavy (non-hydrogen) atoms. The molecule has 2 nitrogen and oxygen atoms in total. The molecule has 0 aliphatic carbocycles. The lowest BCUT2D eigenvalue weighted by Gasteiger charge is -2.02. The Kier molecular flexibility index (Phi) is 6.34. The van der Waals surface area contributed by atoms with E-state index < -0.39 is 6.29 Å². The first-order valence-electron chi connectivity index (χ1n) is 3.87. The molecular weight excluding hydrogens is 152 g/mol. The van der Waals surface area contributed by atoms with Crippen molar-refractivity contribution in [3.05, 3.63) is 36.5 Å². The Hall–Kier alpha value is -0.860. The number of rotatable bonds is 5. The summed E-state index contributed by atoms with van der Waals surface area (Å²) in [7, 11) is 0. The van der Waals surface area contributed by atoms with Gasteiger partial charge >= 0.3 is 0 Å². The van der Waals surface area contributed by atoms with Crippen molar-refractivity contribution in [3.8, 4) is 0 Å². The van der Waals surface area contributed by atoms with Crippen molar-refractivity contribution in [2.24, 2.45) is 0 Å². The molecule has 0 fully saturated rings. The smallest absolute Gasteiger partial charge is 0.211 e. The van der Waals surface area contributed by atoms with Crippen LogP contribution in [-0.2, 0) is 9.84 Å². The van der Waals surface area contributed by atoms with E-state index in [4.69, 9.17) is 4.74 Å². The molecule has 0 aromatic carbocycles. The van der Waals surface area contributed by atoms with E-state index in [1.807, 2.05) is 13.8 Å². The van der Waals surface area contributed by atoms with E-state index in [2.05, 4.69) is 6.58 Å². The standard InChI is InChI=1S/C10H15O2/c1-4-5-6-7-12-10(11)8-9(2)3/h4-6,8,10H,1,7H2,2-3H3. The van der Waals surface area contributed by atoms with Gasteiger partial charge in [-0.15, -0.1) is 0 Å². The van der Waals surface area contributed by atoms with Crippen LogP contribution in [0.3, 0.4) is 0 Å². The van der Waals surface area contributed by atoms with Crippen molar-refractivity contribution in [2.75, 3.05) is 6.61 Å². The summed E-state index contributed by atoms with van der Waals surface area (Å²) in [4.78, 5) is 0.